The van der Waals surface area contributed by atoms with Gasteiger partial charge in [-0.15, -0.1) is 11.3 Å². The Labute approximate surface area is 168 Å². The van der Waals surface area contributed by atoms with Crippen LogP contribution >= 0.6 is 11.3 Å². The molecule has 0 saturated carbocycles. The number of pyridine rings is 1. The van der Waals surface area contributed by atoms with Crippen LogP contribution in [0.4, 0.5) is 4.39 Å². The van der Waals surface area contributed by atoms with Crippen LogP contribution in [0.3, 0.4) is 0 Å². The summed E-state index contributed by atoms with van der Waals surface area (Å²) in [5.41, 5.74) is 0.594. The van der Waals surface area contributed by atoms with Crippen molar-refractivity contribution in [2.45, 2.75) is 0 Å². The van der Waals surface area contributed by atoms with E-state index in [-0.39, 0.29) is 22.6 Å². The molecule has 2 heterocycles. The third-order valence-electron chi connectivity index (χ3n) is 4.40. The zero-order chi connectivity index (χ0) is 20.7. The lowest BCUT2D eigenvalue weighted by atomic mass is 10.0. The van der Waals surface area contributed by atoms with Gasteiger partial charge < -0.3 is 14.7 Å². The summed E-state index contributed by atoms with van der Waals surface area (Å²) in [5, 5.41) is 9.74. The molecular formula is C21H15FN2O4S. The second-order valence-electron chi connectivity index (χ2n) is 6.52. The number of amides is 1. The SMILES string of the molecule is CN(C)C(=O)c1cc2nccc(Oc3ccc4c(C(=O)O)cccc4c3F)c2s1. The van der Waals surface area contributed by atoms with Crippen LogP contribution in [0, 0.1) is 5.82 Å². The zero-order valence-electron chi connectivity index (χ0n) is 15.5. The summed E-state index contributed by atoms with van der Waals surface area (Å²) in [6, 6.07) is 10.6. The minimum Gasteiger partial charge on any atom is -0.478 e. The zero-order valence-corrected chi connectivity index (χ0v) is 16.3. The number of carbonyl (C=O) groups is 2. The predicted octanol–water partition coefficient (Wildman–Crippen LogP) is 4.78. The summed E-state index contributed by atoms with van der Waals surface area (Å²) in [6.45, 7) is 0. The fourth-order valence-electron chi connectivity index (χ4n) is 3.01. The van der Waals surface area contributed by atoms with Crippen LogP contribution in [-0.2, 0) is 0 Å². The number of thiophene rings is 1. The van der Waals surface area contributed by atoms with Crippen molar-refractivity contribution < 1.29 is 23.8 Å². The second kappa shape index (κ2) is 7.14. The maximum Gasteiger partial charge on any atom is 0.336 e. The molecule has 1 N–H and O–H groups in total. The Morgan fingerprint density at radius 1 is 1.10 bits per heavy atom. The van der Waals surface area contributed by atoms with Gasteiger partial charge in [0.1, 0.15) is 5.75 Å². The maximum absolute atomic E-state index is 15.0. The lowest BCUT2D eigenvalue weighted by molar-refractivity contribution is 0.0698. The Balaban J connectivity index is 1.79. The van der Waals surface area contributed by atoms with E-state index in [1.54, 1.807) is 26.2 Å². The van der Waals surface area contributed by atoms with Crippen LogP contribution in [-0.4, -0.2) is 41.0 Å². The first-order valence-corrected chi connectivity index (χ1v) is 9.41. The van der Waals surface area contributed by atoms with Crippen molar-refractivity contribution in [1.82, 2.24) is 9.88 Å². The molecule has 0 spiro atoms. The van der Waals surface area contributed by atoms with E-state index < -0.39 is 11.8 Å². The van der Waals surface area contributed by atoms with Crippen molar-refractivity contribution >= 4 is 44.2 Å². The maximum atomic E-state index is 15.0. The van der Waals surface area contributed by atoms with Gasteiger partial charge in [0, 0.05) is 31.7 Å². The molecule has 0 saturated heterocycles. The Kier molecular flexibility index (Phi) is 4.63. The molecule has 4 aromatic rings. The smallest absolute Gasteiger partial charge is 0.336 e. The number of benzene rings is 2. The van der Waals surface area contributed by atoms with E-state index in [4.69, 9.17) is 4.74 Å². The molecule has 146 valence electrons. The lowest BCUT2D eigenvalue weighted by Gasteiger charge is -2.10. The van der Waals surface area contributed by atoms with Crippen LogP contribution in [0.5, 0.6) is 11.5 Å². The molecule has 0 aliphatic carbocycles. The van der Waals surface area contributed by atoms with Gasteiger partial charge in [0.05, 0.1) is 20.7 Å². The summed E-state index contributed by atoms with van der Waals surface area (Å²) >= 11 is 1.22. The minimum atomic E-state index is -1.13. The van der Waals surface area contributed by atoms with E-state index >= 15 is 4.39 Å². The fourth-order valence-corrected chi connectivity index (χ4v) is 4.09. The van der Waals surface area contributed by atoms with Crippen LogP contribution < -0.4 is 4.74 Å². The number of halogens is 1. The quantitative estimate of drug-likeness (QED) is 0.524. The average Bonchev–Trinajstić information content (AvgIpc) is 3.14. The summed E-state index contributed by atoms with van der Waals surface area (Å²) in [5.74, 6) is -1.61. The van der Waals surface area contributed by atoms with E-state index in [0.29, 0.717) is 26.2 Å². The molecule has 2 aromatic carbocycles. The van der Waals surface area contributed by atoms with Gasteiger partial charge in [-0.1, -0.05) is 12.1 Å². The Hall–Kier alpha value is -3.52. The van der Waals surface area contributed by atoms with Crippen molar-refractivity contribution in [2.24, 2.45) is 0 Å². The average molecular weight is 410 g/mol. The van der Waals surface area contributed by atoms with Gasteiger partial charge >= 0.3 is 5.97 Å². The Bertz CT molecular complexity index is 1280. The van der Waals surface area contributed by atoms with Gasteiger partial charge in [0.15, 0.2) is 11.6 Å². The molecule has 0 atom stereocenters. The molecule has 2 aromatic heterocycles. The molecule has 0 unspecified atom stereocenters. The topological polar surface area (TPSA) is 79.7 Å². The molecule has 8 heteroatoms. The normalized spacial score (nSPS) is 11.0. The number of hydrogen-bond donors (Lipinski definition) is 1. The Morgan fingerprint density at radius 3 is 2.62 bits per heavy atom. The molecule has 0 bridgehead atoms. The molecule has 0 aliphatic rings. The van der Waals surface area contributed by atoms with Gasteiger partial charge in [0.25, 0.3) is 5.91 Å². The summed E-state index contributed by atoms with van der Waals surface area (Å²) in [6.07, 6.45) is 1.52. The van der Waals surface area contributed by atoms with E-state index in [2.05, 4.69) is 4.98 Å². The Morgan fingerprint density at radius 2 is 1.90 bits per heavy atom. The first-order valence-electron chi connectivity index (χ1n) is 8.59. The number of fused-ring (bicyclic) bond motifs is 2. The van der Waals surface area contributed by atoms with Crippen LogP contribution in [0.25, 0.3) is 21.0 Å². The monoisotopic (exact) mass is 410 g/mol. The highest BCUT2D eigenvalue weighted by Crippen LogP contribution is 2.37. The van der Waals surface area contributed by atoms with E-state index in [9.17, 15) is 14.7 Å². The number of rotatable bonds is 4. The highest BCUT2D eigenvalue weighted by molar-refractivity contribution is 7.21. The molecule has 4 rings (SSSR count). The largest absolute Gasteiger partial charge is 0.478 e. The third-order valence-corrected chi connectivity index (χ3v) is 5.53. The number of carboxylic acid groups (broad SMARTS) is 1. The van der Waals surface area contributed by atoms with Crippen LogP contribution in [0.15, 0.2) is 48.7 Å². The van der Waals surface area contributed by atoms with E-state index in [1.165, 1.54) is 52.8 Å². The van der Waals surface area contributed by atoms with E-state index in [1.807, 2.05) is 0 Å². The third kappa shape index (κ3) is 3.27. The molecule has 29 heavy (non-hydrogen) atoms. The van der Waals surface area contributed by atoms with Gasteiger partial charge in [-0.2, -0.15) is 0 Å². The second-order valence-corrected chi connectivity index (χ2v) is 7.57. The van der Waals surface area contributed by atoms with Crippen molar-refractivity contribution in [1.29, 1.82) is 0 Å². The standard InChI is InChI=1S/C21H15FN2O4S/c1-24(2)20(25)17-10-14-19(29-17)16(8-9-23-14)28-15-7-6-11-12(18(15)22)4-3-5-13(11)21(26)27/h3-10H,1-2H3,(H,26,27). The highest BCUT2D eigenvalue weighted by atomic mass is 32.1. The number of ether oxygens (including phenoxy) is 1. The molecule has 0 radical (unpaired) electrons. The molecular weight excluding hydrogens is 395 g/mol. The van der Waals surface area contributed by atoms with E-state index in [0.717, 1.165) is 0 Å². The number of aromatic carboxylic acids is 1. The van der Waals surface area contributed by atoms with Gasteiger partial charge in [-0.3, -0.25) is 9.78 Å². The van der Waals surface area contributed by atoms with Gasteiger partial charge in [-0.25, -0.2) is 9.18 Å². The number of carbonyl (C=O) groups excluding carboxylic acids is 1. The summed E-state index contributed by atoms with van der Waals surface area (Å²) < 4.78 is 21.5. The number of nitrogens with zero attached hydrogens (tertiary/aromatic N) is 2. The van der Waals surface area contributed by atoms with Gasteiger partial charge in [0.2, 0.25) is 0 Å². The van der Waals surface area contributed by atoms with Crippen molar-refractivity contribution in [3.8, 4) is 11.5 Å². The minimum absolute atomic E-state index is 0.0179. The number of hydrogen-bond acceptors (Lipinski definition) is 5. The van der Waals surface area contributed by atoms with Crippen molar-refractivity contribution in [2.75, 3.05) is 14.1 Å². The first-order chi connectivity index (χ1) is 13.9. The van der Waals surface area contributed by atoms with Gasteiger partial charge in [-0.05, 0) is 29.7 Å². The fraction of sp³-hybridized carbons (Fsp3) is 0.0952. The predicted molar refractivity (Wildman–Crippen MR) is 109 cm³/mol. The lowest BCUT2D eigenvalue weighted by Crippen LogP contribution is -2.20. The molecule has 0 fully saturated rings. The van der Waals surface area contributed by atoms with Crippen LogP contribution in [0.2, 0.25) is 0 Å². The molecule has 0 aliphatic heterocycles. The van der Waals surface area contributed by atoms with Crippen molar-refractivity contribution in [3.05, 3.63) is 64.9 Å². The number of carboxylic acids is 1. The summed E-state index contributed by atoms with van der Waals surface area (Å²) in [4.78, 5) is 29.8. The summed E-state index contributed by atoms with van der Waals surface area (Å²) in [7, 11) is 3.32. The number of aromatic nitrogens is 1. The highest BCUT2D eigenvalue weighted by Gasteiger charge is 2.18. The first kappa shape index (κ1) is 18.8. The van der Waals surface area contributed by atoms with Crippen LogP contribution in [0.1, 0.15) is 20.0 Å². The van der Waals surface area contributed by atoms with Crippen molar-refractivity contribution in [3.63, 3.8) is 0 Å². The molecule has 6 nitrogen and oxygen atoms in total. The molecule has 1 amide bonds.